The molecule has 0 fully saturated rings. The number of aromatic nitrogens is 2. The maximum Gasteiger partial charge on any atom is 0.225 e. The highest BCUT2D eigenvalue weighted by Crippen LogP contribution is 2.10. The summed E-state index contributed by atoms with van der Waals surface area (Å²) in [6.45, 7) is 9.08. The first kappa shape index (κ1) is 14.7. The first-order valence-corrected chi connectivity index (χ1v) is 6.40. The van der Waals surface area contributed by atoms with Gasteiger partial charge in [-0.2, -0.15) is 5.10 Å². The molecule has 3 N–H and O–H groups in total. The van der Waals surface area contributed by atoms with Crippen LogP contribution in [-0.2, 0) is 17.8 Å². The van der Waals surface area contributed by atoms with Crippen LogP contribution in [0.3, 0.4) is 0 Å². The quantitative estimate of drug-likeness (QED) is 0.819. The molecule has 0 aliphatic rings. The monoisotopic (exact) mass is 252 g/mol. The number of carbonyl (C=O) groups is 1. The second-order valence-corrected chi connectivity index (χ2v) is 5.51. The van der Waals surface area contributed by atoms with Crippen molar-refractivity contribution in [3.63, 3.8) is 0 Å². The molecular formula is C13H24N4O. The molecule has 1 rings (SSSR count). The van der Waals surface area contributed by atoms with Crippen LogP contribution in [0.25, 0.3) is 0 Å². The van der Waals surface area contributed by atoms with Crippen molar-refractivity contribution in [3.05, 3.63) is 18.0 Å². The average molecular weight is 252 g/mol. The summed E-state index contributed by atoms with van der Waals surface area (Å²) in [5.41, 5.74) is 6.54. The van der Waals surface area contributed by atoms with Crippen molar-refractivity contribution < 1.29 is 4.79 Å². The summed E-state index contributed by atoms with van der Waals surface area (Å²) in [7, 11) is 0. The van der Waals surface area contributed by atoms with E-state index >= 15 is 0 Å². The van der Waals surface area contributed by atoms with Crippen LogP contribution in [0.2, 0.25) is 0 Å². The number of amides is 1. The number of nitrogens with zero attached hydrogens (tertiary/aromatic N) is 2. The molecule has 18 heavy (non-hydrogen) atoms. The third kappa shape index (κ3) is 4.14. The van der Waals surface area contributed by atoms with Crippen molar-refractivity contribution in [1.29, 1.82) is 0 Å². The summed E-state index contributed by atoms with van der Waals surface area (Å²) in [6.07, 6.45) is 2.39. The summed E-state index contributed by atoms with van der Waals surface area (Å²) in [6, 6.07) is 1.94. The molecule has 5 nitrogen and oxygen atoms in total. The molecule has 1 unspecified atom stereocenters. The Kier molecular flexibility index (Phi) is 4.90. The topological polar surface area (TPSA) is 72.9 Å². The molecule has 1 heterocycles. The van der Waals surface area contributed by atoms with Crippen molar-refractivity contribution in [1.82, 2.24) is 15.1 Å². The highest BCUT2D eigenvalue weighted by atomic mass is 16.2. The van der Waals surface area contributed by atoms with Crippen LogP contribution in [-0.4, -0.2) is 27.8 Å². The van der Waals surface area contributed by atoms with Crippen LogP contribution in [0.15, 0.2) is 12.3 Å². The van der Waals surface area contributed by atoms with E-state index in [1.165, 1.54) is 0 Å². The van der Waals surface area contributed by atoms with E-state index in [0.29, 0.717) is 13.0 Å². The number of nitrogens with one attached hydrogen (secondary N) is 1. The van der Waals surface area contributed by atoms with E-state index in [-0.39, 0.29) is 17.4 Å². The van der Waals surface area contributed by atoms with E-state index in [9.17, 15) is 4.79 Å². The van der Waals surface area contributed by atoms with Gasteiger partial charge in [-0.15, -0.1) is 0 Å². The fourth-order valence-corrected chi connectivity index (χ4v) is 1.83. The molecular weight excluding hydrogens is 228 g/mol. The van der Waals surface area contributed by atoms with Crippen molar-refractivity contribution in [2.45, 2.75) is 46.2 Å². The Labute approximate surface area is 109 Å². The van der Waals surface area contributed by atoms with Crippen LogP contribution in [0, 0.1) is 5.92 Å². The Morgan fingerprint density at radius 1 is 1.56 bits per heavy atom. The predicted octanol–water partition coefficient (Wildman–Crippen LogP) is 0.935. The van der Waals surface area contributed by atoms with E-state index in [4.69, 9.17) is 5.73 Å². The largest absolute Gasteiger partial charge is 0.351 e. The van der Waals surface area contributed by atoms with E-state index in [1.807, 2.05) is 38.4 Å². The summed E-state index contributed by atoms with van der Waals surface area (Å²) in [4.78, 5) is 12.1. The number of hydrogen-bond acceptors (Lipinski definition) is 3. The van der Waals surface area contributed by atoms with Gasteiger partial charge in [-0.25, -0.2) is 0 Å². The highest BCUT2D eigenvalue weighted by Gasteiger charge is 2.23. The van der Waals surface area contributed by atoms with Gasteiger partial charge in [0.15, 0.2) is 0 Å². The Balaban J connectivity index is 2.70. The van der Waals surface area contributed by atoms with E-state index in [2.05, 4.69) is 10.4 Å². The van der Waals surface area contributed by atoms with Gasteiger partial charge in [0, 0.05) is 36.9 Å². The van der Waals surface area contributed by atoms with Crippen molar-refractivity contribution >= 4 is 5.91 Å². The molecule has 0 aliphatic carbocycles. The third-order valence-corrected chi connectivity index (χ3v) is 2.71. The fraction of sp³-hybridized carbons (Fsp3) is 0.692. The van der Waals surface area contributed by atoms with Gasteiger partial charge in [0.2, 0.25) is 5.91 Å². The van der Waals surface area contributed by atoms with Crippen LogP contribution in [0.5, 0.6) is 0 Å². The van der Waals surface area contributed by atoms with Gasteiger partial charge < -0.3 is 11.1 Å². The lowest BCUT2D eigenvalue weighted by Gasteiger charge is -2.24. The number of nitrogens with two attached hydrogens (primary N) is 1. The van der Waals surface area contributed by atoms with Gasteiger partial charge in [0.1, 0.15) is 0 Å². The summed E-state index contributed by atoms with van der Waals surface area (Å²) in [5.74, 6) is -0.194. The standard InChI is InChI=1S/C13H24N4O/c1-5-17-11(6-7-15-17)8-10(9-14)12(18)16-13(2,3)4/h6-7,10H,5,8-9,14H2,1-4H3,(H,16,18). The molecule has 5 heteroatoms. The first-order valence-electron chi connectivity index (χ1n) is 6.40. The molecule has 0 aliphatic heterocycles. The van der Waals surface area contributed by atoms with Gasteiger partial charge in [0.05, 0.1) is 5.92 Å². The zero-order valence-corrected chi connectivity index (χ0v) is 11.7. The van der Waals surface area contributed by atoms with Crippen LogP contribution in [0.4, 0.5) is 0 Å². The van der Waals surface area contributed by atoms with Gasteiger partial charge in [-0.3, -0.25) is 9.48 Å². The summed E-state index contributed by atoms with van der Waals surface area (Å²) >= 11 is 0. The molecule has 1 amide bonds. The van der Waals surface area contributed by atoms with Gasteiger partial charge in [-0.1, -0.05) is 0 Å². The Hall–Kier alpha value is -1.36. The van der Waals surface area contributed by atoms with Gasteiger partial charge in [-0.05, 0) is 33.8 Å². The van der Waals surface area contributed by atoms with Gasteiger partial charge >= 0.3 is 0 Å². The minimum Gasteiger partial charge on any atom is -0.351 e. The second-order valence-electron chi connectivity index (χ2n) is 5.51. The smallest absolute Gasteiger partial charge is 0.225 e. The maximum atomic E-state index is 12.1. The molecule has 1 atom stereocenters. The number of hydrogen-bond donors (Lipinski definition) is 2. The minimum absolute atomic E-state index is 0.00820. The lowest BCUT2D eigenvalue weighted by molar-refractivity contribution is -0.126. The number of aryl methyl sites for hydroxylation is 1. The van der Waals surface area contributed by atoms with Crippen molar-refractivity contribution in [2.24, 2.45) is 11.7 Å². The molecule has 102 valence electrons. The van der Waals surface area contributed by atoms with Crippen molar-refractivity contribution in [3.8, 4) is 0 Å². The molecule has 1 aromatic heterocycles. The summed E-state index contributed by atoms with van der Waals surface area (Å²) in [5, 5.41) is 7.17. The van der Waals surface area contributed by atoms with E-state index in [0.717, 1.165) is 12.2 Å². The van der Waals surface area contributed by atoms with E-state index in [1.54, 1.807) is 6.20 Å². The average Bonchev–Trinajstić information content (AvgIpc) is 2.70. The van der Waals surface area contributed by atoms with Crippen LogP contribution >= 0.6 is 0 Å². The Bertz CT molecular complexity index is 392. The van der Waals surface area contributed by atoms with Crippen molar-refractivity contribution in [2.75, 3.05) is 6.54 Å². The molecule has 0 saturated carbocycles. The lowest BCUT2D eigenvalue weighted by Crippen LogP contribution is -2.46. The minimum atomic E-state index is -0.227. The molecule has 0 radical (unpaired) electrons. The molecule has 1 aromatic rings. The van der Waals surface area contributed by atoms with Gasteiger partial charge in [0.25, 0.3) is 0 Å². The Morgan fingerprint density at radius 2 is 2.22 bits per heavy atom. The molecule has 0 saturated heterocycles. The predicted molar refractivity (Wildman–Crippen MR) is 72.0 cm³/mol. The normalized spacial score (nSPS) is 13.4. The molecule has 0 bridgehead atoms. The van der Waals surface area contributed by atoms with E-state index < -0.39 is 0 Å². The first-order chi connectivity index (χ1) is 8.37. The zero-order valence-electron chi connectivity index (χ0n) is 11.7. The second kappa shape index (κ2) is 6.00. The number of rotatable bonds is 5. The summed E-state index contributed by atoms with van der Waals surface area (Å²) < 4.78 is 1.90. The third-order valence-electron chi connectivity index (χ3n) is 2.71. The maximum absolute atomic E-state index is 12.1. The molecule has 0 spiro atoms. The number of carbonyl (C=O) groups excluding carboxylic acids is 1. The Morgan fingerprint density at radius 3 is 2.72 bits per heavy atom. The zero-order chi connectivity index (χ0) is 13.8. The molecule has 0 aromatic carbocycles. The highest BCUT2D eigenvalue weighted by molar-refractivity contribution is 5.79. The lowest BCUT2D eigenvalue weighted by atomic mass is 10.00. The van der Waals surface area contributed by atoms with Crippen LogP contribution < -0.4 is 11.1 Å². The fourth-order valence-electron chi connectivity index (χ4n) is 1.83. The van der Waals surface area contributed by atoms with Crippen LogP contribution in [0.1, 0.15) is 33.4 Å². The SMILES string of the molecule is CCn1nccc1CC(CN)C(=O)NC(C)(C)C.